The Kier molecular flexibility index (Phi) is 3.34. The lowest BCUT2D eigenvalue weighted by Gasteiger charge is -2.11. The normalized spacial score (nSPS) is 16.6. The summed E-state index contributed by atoms with van der Waals surface area (Å²) in [6, 6.07) is 1.86. The van der Waals surface area contributed by atoms with E-state index in [9.17, 15) is 0 Å². The Morgan fingerprint density at radius 3 is 2.93 bits per heavy atom. The summed E-state index contributed by atoms with van der Waals surface area (Å²) in [5.41, 5.74) is 2.43. The molecular formula is C10H17N5. The molecular weight excluding hydrogens is 190 g/mol. The second-order valence-electron chi connectivity index (χ2n) is 3.94. The highest BCUT2D eigenvalue weighted by atomic mass is 15.3. The molecule has 5 nitrogen and oxygen atoms in total. The lowest BCUT2D eigenvalue weighted by molar-refractivity contribution is 0.579. The van der Waals surface area contributed by atoms with Crippen LogP contribution in [0.5, 0.6) is 0 Å². The van der Waals surface area contributed by atoms with Gasteiger partial charge >= 0.3 is 0 Å². The van der Waals surface area contributed by atoms with Crippen LogP contribution in [0.3, 0.4) is 0 Å². The highest BCUT2D eigenvalue weighted by Gasteiger charge is 2.14. The zero-order valence-corrected chi connectivity index (χ0v) is 8.74. The summed E-state index contributed by atoms with van der Waals surface area (Å²) in [5.74, 6) is 7.32. The van der Waals surface area contributed by atoms with Gasteiger partial charge in [0.1, 0.15) is 5.82 Å². The highest BCUT2D eigenvalue weighted by molar-refractivity contribution is 5.38. The lowest BCUT2D eigenvalue weighted by Crippen LogP contribution is -2.14. The molecule has 1 aromatic heterocycles. The van der Waals surface area contributed by atoms with Crippen molar-refractivity contribution >= 4 is 11.8 Å². The number of anilines is 2. The Bertz CT molecular complexity index is 308. The van der Waals surface area contributed by atoms with Crippen LogP contribution in [0, 0.1) is 5.92 Å². The van der Waals surface area contributed by atoms with Gasteiger partial charge in [0.05, 0.1) is 0 Å². The van der Waals surface area contributed by atoms with E-state index in [-0.39, 0.29) is 0 Å². The van der Waals surface area contributed by atoms with Crippen molar-refractivity contribution in [3.8, 4) is 0 Å². The fraction of sp³-hybridized carbons (Fsp3) is 0.600. The summed E-state index contributed by atoms with van der Waals surface area (Å²) in [7, 11) is 0. The molecule has 0 unspecified atom stereocenters. The Labute approximate surface area is 89.5 Å². The van der Waals surface area contributed by atoms with Gasteiger partial charge in [-0.3, -0.25) is 5.43 Å². The SMILES string of the molecule is NNc1nccc(NCC2CCCC2)n1. The van der Waals surface area contributed by atoms with Crippen molar-refractivity contribution < 1.29 is 0 Å². The molecule has 0 aliphatic heterocycles. The van der Waals surface area contributed by atoms with Crippen molar-refractivity contribution in [2.24, 2.45) is 11.8 Å². The molecule has 1 saturated carbocycles. The van der Waals surface area contributed by atoms with E-state index < -0.39 is 0 Å². The van der Waals surface area contributed by atoms with Gasteiger partial charge in [0, 0.05) is 12.7 Å². The first-order chi connectivity index (χ1) is 7.38. The largest absolute Gasteiger partial charge is 0.370 e. The van der Waals surface area contributed by atoms with E-state index in [4.69, 9.17) is 5.84 Å². The molecule has 0 aromatic carbocycles. The molecule has 1 fully saturated rings. The quantitative estimate of drug-likeness (QED) is 0.513. The standard InChI is InChI=1S/C10H17N5/c11-15-10-12-6-5-9(14-10)13-7-8-3-1-2-4-8/h5-6,8H,1-4,7,11H2,(H2,12,13,14,15). The number of hydrogen-bond acceptors (Lipinski definition) is 5. The van der Waals surface area contributed by atoms with Crippen molar-refractivity contribution in [3.63, 3.8) is 0 Å². The van der Waals surface area contributed by atoms with Crippen LogP contribution in [0.15, 0.2) is 12.3 Å². The van der Waals surface area contributed by atoms with E-state index in [0.717, 1.165) is 18.3 Å². The third-order valence-electron chi connectivity index (χ3n) is 2.83. The number of hydrazine groups is 1. The molecule has 15 heavy (non-hydrogen) atoms. The molecule has 0 amide bonds. The zero-order valence-electron chi connectivity index (χ0n) is 8.74. The number of hydrogen-bond donors (Lipinski definition) is 3. The molecule has 1 aliphatic carbocycles. The highest BCUT2D eigenvalue weighted by Crippen LogP contribution is 2.24. The number of nitrogens with two attached hydrogens (primary N) is 1. The van der Waals surface area contributed by atoms with Crippen molar-refractivity contribution in [3.05, 3.63) is 12.3 Å². The molecule has 1 heterocycles. The van der Waals surface area contributed by atoms with Crippen LogP contribution < -0.4 is 16.6 Å². The summed E-state index contributed by atoms with van der Waals surface area (Å²) >= 11 is 0. The molecule has 82 valence electrons. The first-order valence-electron chi connectivity index (χ1n) is 5.42. The maximum absolute atomic E-state index is 5.23. The van der Waals surface area contributed by atoms with Gasteiger partial charge in [0.2, 0.25) is 5.95 Å². The van der Waals surface area contributed by atoms with Gasteiger partial charge in [-0.2, -0.15) is 4.98 Å². The summed E-state index contributed by atoms with van der Waals surface area (Å²) in [5, 5.41) is 3.31. The molecule has 4 N–H and O–H groups in total. The first-order valence-corrected chi connectivity index (χ1v) is 5.42. The van der Waals surface area contributed by atoms with Crippen molar-refractivity contribution in [1.82, 2.24) is 9.97 Å². The minimum absolute atomic E-state index is 0.450. The molecule has 0 spiro atoms. The van der Waals surface area contributed by atoms with Crippen LogP contribution in [0.2, 0.25) is 0 Å². The fourth-order valence-corrected chi connectivity index (χ4v) is 1.99. The van der Waals surface area contributed by atoms with E-state index >= 15 is 0 Å². The van der Waals surface area contributed by atoms with Crippen LogP contribution in [0.1, 0.15) is 25.7 Å². The number of nitrogens with one attached hydrogen (secondary N) is 2. The summed E-state index contributed by atoms with van der Waals surface area (Å²) in [6.07, 6.45) is 7.09. The van der Waals surface area contributed by atoms with Gasteiger partial charge in [-0.1, -0.05) is 12.8 Å². The van der Waals surface area contributed by atoms with E-state index in [2.05, 4.69) is 20.7 Å². The smallest absolute Gasteiger partial charge is 0.239 e. The van der Waals surface area contributed by atoms with Gasteiger partial charge < -0.3 is 5.32 Å². The van der Waals surface area contributed by atoms with E-state index in [1.807, 2.05) is 6.07 Å². The van der Waals surface area contributed by atoms with E-state index in [1.165, 1.54) is 25.7 Å². The van der Waals surface area contributed by atoms with Gasteiger partial charge in [0.25, 0.3) is 0 Å². The molecule has 0 bridgehead atoms. The maximum atomic E-state index is 5.23. The molecule has 0 radical (unpaired) electrons. The van der Waals surface area contributed by atoms with Crippen molar-refractivity contribution in [1.29, 1.82) is 0 Å². The average Bonchev–Trinajstić information content (AvgIpc) is 2.79. The molecule has 2 rings (SSSR count). The minimum atomic E-state index is 0.450. The van der Waals surface area contributed by atoms with Crippen LogP contribution in [0.4, 0.5) is 11.8 Å². The van der Waals surface area contributed by atoms with Gasteiger partial charge in [-0.25, -0.2) is 10.8 Å². The van der Waals surface area contributed by atoms with Crippen LogP contribution >= 0.6 is 0 Å². The molecule has 5 heteroatoms. The zero-order chi connectivity index (χ0) is 10.5. The Morgan fingerprint density at radius 1 is 1.40 bits per heavy atom. The van der Waals surface area contributed by atoms with Gasteiger partial charge in [0.15, 0.2) is 0 Å². The molecule has 1 aromatic rings. The monoisotopic (exact) mass is 207 g/mol. The first kappa shape index (κ1) is 10.2. The number of nitrogens with zero attached hydrogens (tertiary/aromatic N) is 2. The maximum Gasteiger partial charge on any atom is 0.239 e. The predicted molar refractivity (Wildman–Crippen MR) is 60.3 cm³/mol. The lowest BCUT2D eigenvalue weighted by atomic mass is 10.1. The second kappa shape index (κ2) is 4.93. The van der Waals surface area contributed by atoms with Crippen LogP contribution in [-0.2, 0) is 0 Å². The number of rotatable bonds is 4. The topological polar surface area (TPSA) is 75.9 Å². The average molecular weight is 207 g/mol. The Hall–Kier alpha value is -1.36. The van der Waals surface area contributed by atoms with E-state index in [0.29, 0.717) is 5.95 Å². The third kappa shape index (κ3) is 2.79. The van der Waals surface area contributed by atoms with Crippen molar-refractivity contribution in [2.75, 3.05) is 17.3 Å². The third-order valence-corrected chi connectivity index (χ3v) is 2.83. The summed E-state index contributed by atoms with van der Waals surface area (Å²) < 4.78 is 0. The Morgan fingerprint density at radius 2 is 2.20 bits per heavy atom. The summed E-state index contributed by atoms with van der Waals surface area (Å²) in [6.45, 7) is 1.00. The molecule has 1 aliphatic rings. The van der Waals surface area contributed by atoms with Crippen molar-refractivity contribution in [2.45, 2.75) is 25.7 Å². The second-order valence-corrected chi connectivity index (χ2v) is 3.94. The minimum Gasteiger partial charge on any atom is -0.370 e. The number of nitrogen functional groups attached to an aromatic ring is 1. The molecule has 0 atom stereocenters. The molecule has 0 saturated heterocycles. The predicted octanol–water partition coefficient (Wildman–Crippen LogP) is 1.36. The number of aromatic nitrogens is 2. The van der Waals surface area contributed by atoms with E-state index in [1.54, 1.807) is 6.20 Å². The van der Waals surface area contributed by atoms with Gasteiger partial charge in [-0.05, 0) is 24.8 Å². The Balaban J connectivity index is 1.86. The van der Waals surface area contributed by atoms with Crippen LogP contribution in [0.25, 0.3) is 0 Å². The fourth-order valence-electron chi connectivity index (χ4n) is 1.99. The van der Waals surface area contributed by atoms with Gasteiger partial charge in [-0.15, -0.1) is 0 Å². The summed E-state index contributed by atoms with van der Waals surface area (Å²) in [4.78, 5) is 8.14. The van der Waals surface area contributed by atoms with Crippen LogP contribution in [-0.4, -0.2) is 16.5 Å².